The van der Waals surface area contributed by atoms with Gasteiger partial charge in [-0.25, -0.2) is 4.99 Å². The number of aryl methyl sites for hydroxylation is 1. The van der Waals surface area contributed by atoms with Crippen molar-refractivity contribution in [3.63, 3.8) is 0 Å². The van der Waals surface area contributed by atoms with E-state index >= 15 is 0 Å². The van der Waals surface area contributed by atoms with Gasteiger partial charge in [0.25, 0.3) is 5.23 Å². The highest BCUT2D eigenvalue weighted by Gasteiger charge is 2.23. The van der Waals surface area contributed by atoms with Gasteiger partial charge in [-0.3, -0.25) is 4.79 Å². The first-order valence-corrected chi connectivity index (χ1v) is 6.23. The summed E-state index contributed by atoms with van der Waals surface area (Å²) in [6, 6.07) is 7.89. The van der Waals surface area contributed by atoms with Crippen molar-refractivity contribution in [2.75, 3.05) is 6.61 Å². The Bertz CT molecular complexity index is 506. The maximum Gasteiger partial charge on any atom is 0.259 e. The Hall–Kier alpha value is -1.55. The Labute approximate surface area is 105 Å². The molecule has 0 saturated heterocycles. The molecular formula is C13H13NO2S. The third-order valence-corrected chi connectivity index (χ3v) is 3.13. The molecule has 0 aliphatic carbocycles. The van der Waals surface area contributed by atoms with Crippen LogP contribution in [0, 0.1) is 6.92 Å². The summed E-state index contributed by atoms with van der Waals surface area (Å²) in [4.78, 5) is 15.8. The number of carbonyl (C=O) groups is 1. The van der Waals surface area contributed by atoms with E-state index in [9.17, 15) is 4.79 Å². The number of ether oxygens (including phenoxy) is 1. The van der Waals surface area contributed by atoms with Crippen LogP contribution in [0.4, 0.5) is 0 Å². The van der Waals surface area contributed by atoms with Crippen molar-refractivity contribution >= 4 is 28.2 Å². The van der Waals surface area contributed by atoms with E-state index in [1.54, 1.807) is 6.08 Å². The third kappa shape index (κ3) is 2.77. The zero-order valence-corrected chi connectivity index (χ0v) is 10.6. The molecule has 0 amide bonds. The average Bonchev–Trinajstić information content (AvgIpc) is 2.63. The fourth-order valence-corrected chi connectivity index (χ4v) is 2.16. The van der Waals surface area contributed by atoms with Gasteiger partial charge in [0.05, 0.1) is 6.61 Å². The molecule has 0 fully saturated rings. The van der Waals surface area contributed by atoms with Gasteiger partial charge in [-0.15, -0.1) is 0 Å². The molecule has 0 saturated carbocycles. The van der Waals surface area contributed by atoms with Gasteiger partial charge in [0, 0.05) is 11.8 Å². The van der Waals surface area contributed by atoms with Crippen molar-refractivity contribution in [3.05, 3.63) is 41.1 Å². The molecule has 0 aromatic heterocycles. The number of hydrogen-bond donors (Lipinski definition) is 0. The maximum absolute atomic E-state index is 11.7. The van der Waals surface area contributed by atoms with Gasteiger partial charge in [0.1, 0.15) is 5.70 Å². The molecule has 1 aliphatic heterocycles. The second kappa shape index (κ2) is 5.19. The number of nitrogens with zero attached hydrogens (tertiary/aromatic N) is 1. The minimum atomic E-state index is -0.0586. The summed E-state index contributed by atoms with van der Waals surface area (Å²) >= 11 is 1.04. The minimum Gasteiger partial charge on any atom is -0.473 e. The van der Waals surface area contributed by atoms with Gasteiger partial charge in [-0.2, -0.15) is 0 Å². The zero-order chi connectivity index (χ0) is 12.3. The molecule has 88 valence electrons. The van der Waals surface area contributed by atoms with Gasteiger partial charge in [-0.1, -0.05) is 24.3 Å². The molecule has 2 rings (SSSR count). The highest BCUT2D eigenvalue weighted by atomic mass is 32.2. The van der Waals surface area contributed by atoms with Crippen LogP contribution in [0.1, 0.15) is 18.1 Å². The van der Waals surface area contributed by atoms with Crippen LogP contribution in [0.15, 0.2) is 35.0 Å². The smallest absolute Gasteiger partial charge is 0.259 e. The first kappa shape index (κ1) is 11.9. The average molecular weight is 247 g/mol. The van der Waals surface area contributed by atoms with E-state index in [1.165, 1.54) is 0 Å². The first-order valence-electron chi connectivity index (χ1n) is 5.41. The van der Waals surface area contributed by atoms with Crippen LogP contribution in [0.5, 0.6) is 0 Å². The number of aliphatic imine (C=N–C) groups is 1. The molecule has 0 radical (unpaired) electrons. The lowest BCUT2D eigenvalue weighted by molar-refractivity contribution is -0.107. The van der Waals surface area contributed by atoms with Crippen molar-refractivity contribution in [1.82, 2.24) is 0 Å². The Morgan fingerprint density at radius 1 is 1.41 bits per heavy atom. The molecule has 3 nitrogen and oxygen atoms in total. The van der Waals surface area contributed by atoms with Crippen LogP contribution >= 0.6 is 11.8 Å². The van der Waals surface area contributed by atoms with Gasteiger partial charge in [0.2, 0.25) is 5.12 Å². The zero-order valence-electron chi connectivity index (χ0n) is 9.77. The molecular weight excluding hydrogens is 234 g/mol. The van der Waals surface area contributed by atoms with Crippen molar-refractivity contribution in [1.29, 1.82) is 0 Å². The molecule has 0 atom stereocenters. The quantitative estimate of drug-likeness (QED) is 0.754. The summed E-state index contributed by atoms with van der Waals surface area (Å²) in [6.07, 6.45) is 1.80. The molecule has 0 unspecified atom stereocenters. The lowest BCUT2D eigenvalue weighted by Crippen LogP contribution is -1.95. The first-order chi connectivity index (χ1) is 8.20. The maximum atomic E-state index is 11.7. The Morgan fingerprint density at radius 3 is 2.88 bits per heavy atom. The largest absolute Gasteiger partial charge is 0.473 e. The summed E-state index contributed by atoms with van der Waals surface area (Å²) < 4.78 is 5.22. The fourth-order valence-electron chi connectivity index (χ4n) is 1.47. The van der Waals surface area contributed by atoms with Crippen LogP contribution < -0.4 is 0 Å². The predicted molar refractivity (Wildman–Crippen MR) is 70.8 cm³/mol. The van der Waals surface area contributed by atoms with E-state index < -0.39 is 0 Å². The molecule has 0 N–H and O–H groups in total. The van der Waals surface area contributed by atoms with E-state index in [0.29, 0.717) is 17.5 Å². The van der Waals surface area contributed by atoms with Gasteiger partial charge in [0.15, 0.2) is 0 Å². The van der Waals surface area contributed by atoms with Crippen LogP contribution in [-0.2, 0) is 9.53 Å². The van der Waals surface area contributed by atoms with E-state index in [1.807, 2.05) is 38.1 Å². The summed E-state index contributed by atoms with van der Waals surface area (Å²) in [6.45, 7) is 4.40. The minimum absolute atomic E-state index is 0.0586. The van der Waals surface area contributed by atoms with Crippen molar-refractivity contribution in [2.45, 2.75) is 13.8 Å². The summed E-state index contributed by atoms with van der Waals surface area (Å²) in [7, 11) is 0. The van der Waals surface area contributed by atoms with Gasteiger partial charge >= 0.3 is 0 Å². The molecule has 4 heteroatoms. The monoisotopic (exact) mass is 247 g/mol. The van der Waals surface area contributed by atoms with E-state index in [4.69, 9.17) is 4.74 Å². The van der Waals surface area contributed by atoms with Crippen LogP contribution in [-0.4, -0.2) is 17.0 Å². The fraction of sp³-hybridized carbons (Fsp3) is 0.231. The normalized spacial score (nSPS) is 17.4. The number of benzene rings is 1. The standard InChI is InChI=1S/C13H13NO2S/c1-3-16-13-14-11(12(15)17-13)8-10-7-5-4-6-9(10)2/h4-8H,3H2,1-2H3/b11-8+. The Morgan fingerprint density at radius 2 is 2.18 bits per heavy atom. The molecule has 0 bridgehead atoms. The molecule has 1 aromatic carbocycles. The Kier molecular flexibility index (Phi) is 3.64. The SMILES string of the molecule is CCOC1=N/C(=C/c2ccccc2C)C(=O)S1. The Balaban J connectivity index is 2.28. The highest BCUT2D eigenvalue weighted by molar-refractivity contribution is 8.26. The molecule has 17 heavy (non-hydrogen) atoms. The second-order valence-corrected chi connectivity index (χ2v) is 4.51. The lowest BCUT2D eigenvalue weighted by Gasteiger charge is -1.98. The number of carbonyl (C=O) groups excluding carboxylic acids is 1. The van der Waals surface area contributed by atoms with Crippen molar-refractivity contribution < 1.29 is 9.53 Å². The number of thioether (sulfide) groups is 1. The molecule has 1 heterocycles. The van der Waals surface area contributed by atoms with Gasteiger partial charge in [-0.05, 0) is 31.1 Å². The summed E-state index contributed by atoms with van der Waals surface area (Å²) in [5, 5.41) is 0.383. The van der Waals surface area contributed by atoms with Gasteiger partial charge < -0.3 is 4.74 Å². The van der Waals surface area contributed by atoms with E-state index in [0.717, 1.165) is 22.9 Å². The second-order valence-electron chi connectivity index (χ2n) is 3.59. The predicted octanol–water partition coefficient (Wildman–Crippen LogP) is 3.00. The number of rotatable bonds is 2. The third-order valence-electron chi connectivity index (χ3n) is 2.35. The highest BCUT2D eigenvalue weighted by Crippen LogP contribution is 2.26. The van der Waals surface area contributed by atoms with E-state index in [2.05, 4.69) is 4.99 Å². The van der Waals surface area contributed by atoms with Crippen molar-refractivity contribution in [2.24, 2.45) is 4.99 Å². The topological polar surface area (TPSA) is 38.7 Å². The van der Waals surface area contributed by atoms with Crippen molar-refractivity contribution in [3.8, 4) is 0 Å². The van der Waals surface area contributed by atoms with Crippen LogP contribution in [0.2, 0.25) is 0 Å². The van der Waals surface area contributed by atoms with Crippen LogP contribution in [0.25, 0.3) is 6.08 Å². The molecule has 0 spiro atoms. The lowest BCUT2D eigenvalue weighted by atomic mass is 10.1. The van der Waals surface area contributed by atoms with E-state index in [-0.39, 0.29) is 5.12 Å². The summed E-state index contributed by atoms with van der Waals surface area (Å²) in [5.74, 6) is 0. The summed E-state index contributed by atoms with van der Waals surface area (Å²) in [5.41, 5.74) is 2.59. The van der Waals surface area contributed by atoms with Crippen LogP contribution in [0.3, 0.4) is 0 Å². The molecule has 1 aromatic rings. The number of hydrogen-bond acceptors (Lipinski definition) is 4. The molecule has 1 aliphatic rings.